The zero-order valence-corrected chi connectivity index (χ0v) is 19.3. The molecule has 1 spiro atoms. The number of sulfonamides is 1. The molecule has 35 heavy (non-hydrogen) atoms. The van der Waals surface area contributed by atoms with Crippen LogP contribution < -0.4 is 19.5 Å². The highest BCUT2D eigenvalue weighted by Gasteiger charge is 2.56. The number of nitrogens with zero attached hydrogens (tertiary/aromatic N) is 1. The number of amides is 1. The molecule has 1 saturated heterocycles. The second-order valence-electron chi connectivity index (χ2n) is 9.64. The Morgan fingerprint density at radius 3 is 2.43 bits per heavy atom. The second kappa shape index (κ2) is 7.03. The van der Waals surface area contributed by atoms with Crippen LogP contribution in [0.3, 0.4) is 0 Å². The topological polar surface area (TPSA) is 94.2 Å². The van der Waals surface area contributed by atoms with Crippen molar-refractivity contribution in [1.29, 1.82) is 0 Å². The molecule has 0 aromatic heterocycles. The van der Waals surface area contributed by atoms with E-state index in [1.54, 1.807) is 6.07 Å². The van der Waals surface area contributed by atoms with Crippen LogP contribution in [0.2, 0.25) is 0 Å². The molecule has 3 aliphatic heterocycles. The zero-order valence-electron chi connectivity index (χ0n) is 18.5. The Hall–Kier alpha value is -2.99. The number of carbonyl (C=O) groups excluding carboxylic acids is 1. The van der Waals surface area contributed by atoms with Crippen molar-refractivity contribution in [3.8, 4) is 17.2 Å². The average Bonchev–Trinajstić information content (AvgIpc) is 3.48. The van der Waals surface area contributed by atoms with Gasteiger partial charge in [-0.25, -0.2) is 12.8 Å². The van der Waals surface area contributed by atoms with Gasteiger partial charge in [0.1, 0.15) is 17.2 Å². The second-order valence-corrected chi connectivity index (χ2v) is 11.6. The van der Waals surface area contributed by atoms with E-state index in [1.807, 2.05) is 0 Å². The smallest absolute Gasteiger partial charge is 0.484 e. The van der Waals surface area contributed by atoms with Crippen molar-refractivity contribution >= 4 is 15.9 Å². The molecule has 3 heterocycles. The summed E-state index contributed by atoms with van der Waals surface area (Å²) in [4.78, 5) is 13.5. The van der Waals surface area contributed by atoms with E-state index in [9.17, 15) is 26.4 Å². The molecule has 12 heteroatoms. The SMILES string of the molecule is CS(=O)(=O)N1CC2(CC(NC(=O)C3(c4ccc5c(c4)OC(F)(F)O5)CC3)c3ccc(F)cc3O2)C1. The fraction of sp³-hybridized carbons (Fsp3) is 0.435. The molecule has 1 unspecified atom stereocenters. The maximum atomic E-state index is 14.0. The Labute approximate surface area is 199 Å². The van der Waals surface area contributed by atoms with Gasteiger partial charge >= 0.3 is 6.29 Å². The summed E-state index contributed by atoms with van der Waals surface area (Å²) in [6, 6.07) is 7.81. The monoisotopic (exact) mass is 510 g/mol. The number of halogens is 3. The van der Waals surface area contributed by atoms with Gasteiger partial charge in [-0.05, 0) is 36.6 Å². The number of alkyl halides is 2. The molecule has 1 aliphatic carbocycles. The van der Waals surface area contributed by atoms with Crippen LogP contribution in [0.4, 0.5) is 13.2 Å². The van der Waals surface area contributed by atoms with Crippen molar-refractivity contribution in [2.24, 2.45) is 0 Å². The van der Waals surface area contributed by atoms with Gasteiger partial charge in [-0.3, -0.25) is 4.79 Å². The summed E-state index contributed by atoms with van der Waals surface area (Å²) in [5, 5.41) is 3.03. The van der Waals surface area contributed by atoms with Crippen LogP contribution in [0.1, 0.15) is 36.4 Å². The first-order valence-electron chi connectivity index (χ1n) is 11.0. The lowest BCUT2D eigenvalue weighted by molar-refractivity contribution is -0.286. The van der Waals surface area contributed by atoms with Crippen LogP contribution >= 0.6 is 0 Å². The molecule has 2 aromatic carbocycles. The van der Waals surface area contributed by atoms with E-state index in [0.29, 0.717) is 30.4 Å². The molecular weight excluding hydrogens is 489 g/mol. The van der Waals surface area contributed by atoms with Crippen LogP contribution in [0.15, 0.2) is 36.4 Å². The highest BCUT2D eigenvalue weighted by Crippen LogP contribution is 2.53. The van der Waals surface area contributed by atoms with E-state index in [1.165, 1.54) is 34.6 Å². The minimum atomic E-state index is -3.75. The molecule has 1 saturated carbocycles. The molecule has 8 nitrogen and oxygen atoms in total. The third-order valence-electron chi connectivity index (χ3n) is 7.10. The number of rotatable bonds is 4. The van der Waals surface area contributed by atoms with Crippen molar-refractivity contribution in [2.75, 3.05) is 19.3 Å². The van der Waals surface area contributed by atoms with E-state index in [0.717, 1.165) is 6.26 Å². The van der Waals surface area contributed by atoms with Gasteiger partial charge in [0.2, 0.25) is 15.9 Å². The van der Waals surface area contributed by atoms with Crippen LogP contribution in [0.25, 0.3) is 0 Å². The molecule has 1 atom stereocenters. The molecule has 1 amide bonds. The summed E-state index contributed by atoms with van der Waals surface area (Å²) in [6.45, 7) is 0.186. The Morgan fingerprint density at radius 1 is 1.03 bits per heavy atom. The highest BCUT2D eigenvalue weighted by molar-refractivity contribution is 7.88. The normalized spacial score (nSPS) is 24.7. The molecule has 6 rings (SSSR count). The first-order chi connectivity index (χ1) is 16.4. The Kier molecular flexibility index (Phi) is 4.52. The molecule has 186 valence electrons. The molecule has 4 aliphatic rings. The predicted molar refractivity (Wildman–Crippen MR) is 115 cm³/mol. The molecule has 2 aromatic rings. The summed E-state index contributed by atoms with van der Waals surface area (Å²) in [5.74, 6) is -0.795. The molecule has 1 N–H and O–H groups in total. The van der Waals surface area contributed by atoms with E-state index < -0.39 is 39.2 Å². The Bertz CT molecular complexity index is 1360. The number of nitrogens with one attached hydrogen (secondary N) is 1. The van der Waals surface area contributed by atoms with Gasteiger partial charge in [0.15, 0.2) is 11.5 Å². The van der Waals surface area contributed by atoms with E-state index in [4.69, 9.17) is 4.74 Å². The highest BCUT2D eigenvalue weighted by atomic mass is 32.2. The minimum absolute atomic E-state index is 0.0929. The largest absolute Gasteiger partial charge is 0.586 e. The Balaban J connectivity index is 1.26. The average molecular weight is 510 g/mol. The van der Waals surface area contributed by atoms with Crippen molar-refractivity contribution in [1.82, 2.24) is 9.62 Å². The maximum Gasteiger partial charge on any atom is 0.586 e. The summed E-state index contributed by atoms with van der Waals surface area (Å²) in [5.41, 5.74) is -0.684. The third kappa shape index (κ3) is 3.70. The summed E-state index contributed by atoms with van der Waals surface area (Å²) in [6.07, 6.45) is -1.32. The summed E-state index contributed by atoms with van der Waals surface area (Å²) < 4.78 is 80.9. The van der Waals surface area contributed by atoms with Crippen molar-refractivity contribution in [3.05, 3.63) is 53.3 Å². The third-order valence-corrected chi connectivity index (χ3v) is 8.29. The number of carbonyl (C=O) groups is 1. The lowest BCUT2D eigenvalue weighted by atomic mass is 9.82. The van der Waals surface area contributed by atoms with Gasteiger partial charge in [-0.15, -0.1) is 8.78 Å². The number of hydrogen-bond acceptors (Lipinski definition) is 6. The van der Waals surface area contributed by atoms with Crippen LogP contribution in [-0.4, -0.2) is 49.9 Å². The van der Waals surface area contributed by atoms with E-state index in [2.05, 4.69) is 14.8 Å². The number of fused-ring (bicyclic) bond motifs is 2. The van der Waals surface area contributed by atoms with Gasteiger partial charge in [0.05, 0.1) is 30.8 Å². The van der Waals surface area contributed by atoms with Gasteiger partial charge in [-0.2, -0.15) is 4.31 Å². The Morgan fingerprint density at radius 2 is 1.74 bits per heavy atom. The fourth-order valence-corrected chi connectivity index (χ4v) is 6.05. The van der Waals surface area contributed by atoms with Gasteiger partial charge in [0.25, 0.3) is 0 Å². The predicted octanol–water partition coefficient (Wildman–Crippen LogP) is 2.83. The standard InChI is InChI=1S/C23H21F3N2O6S/c1-35(30,31)28-11-21(12-28)10-16(15-4-3-14(24)9-18(15)32-21)27-20(29)22(6-7-22)13-2-5-17-19(8-13)34-23(25,26)33-17/h2-5,8-9,16H,6-7,10-12H2,1H3,(H,27,29). The van der Waals surface area contributed by atoms with Gasteiger partial charge in [-0.1, -0.05) is 12.1 Å². The summed E-state index contributed by atoms with van der Waals surface area (Å²) >= 11 is 0. The number of benzene rings is 2. The van der Waals surface area contributed by atoms with Gasteiger partial charge in [0, 0.05) is 18.1 Å². The zero-order chi connectivity index (χ0) is 24.8. The molecule has 0 radical (unpaired) electrons. The minimum Gasteiger partial charge on any atom is -0.484 e. The van der Waals surface area contributed by atoms with E-state index >= 15 is 0 Å². The van der Waals surface area contributed by atoms with Gasteiger partial charge < -0.3 is 19.5 Å². The van der Waals surface area contributed by atoms with Crippen LogP contribution in [-0.2, 0) is 20.2 Å². The van der Waals surface area contributed by atoms with Crippen LogP contribution in [0.5, 0.6) is 17.2 Å². The molecular formula is C23H21F3N2O6S. The summed E-state index contributed by atoms with van der Waals surface area (Å²) in [7, 11) is -3.41. The van der Waals surface area contributed by atoms with Crippen molar-refractivity contribution < 1.29 is 40.6 Å². The number of ether oxygens (including phenoxy) is 3. The van der Waals surface area contributed by atoms with Crippen LogP contribution in [0, 0.1) is 5.82 Å². The first-order valence-corrected chi connectivity index (χ1v) is 12.9. The number of hydrogen-bond donors (Lipinski definition) is 1. The lowest BCUT2D eigenvalue weighted by Gasteiger charge is -2.52. The van der Waals surface area contributed by atoms with Crippen molar-refractivity contribution in [2.45, 2.75) is 42.6 Å². The first kappa shape index (κ1) is 22.5. The van der Waals surface area contributed by atoms with E-state index in [-0.39, 0.29) is 36.2 Å². The maximum absolute atomic E-state index is 14.0. The molecule has 2 fully saturated rings. The van der Waals surface area contributed by atoms with Crippen molar-refractivity contribution in [3.63, 3.8) is 0 Å². The quantitative estimate of drug-likeness (QED) is 0.680. The lowest BCUT2D eigenvalue weighted by Crippen LogP contribution is -2.68. The fourth-order valence-electron chi connectivity index (χ4n) is 5.11. The molecule has 0 bridgehead atoms.